The van der Waals surface area contributed by atoms with Crippen LogP contribution in [0.25, 0.3) is 0 Å². The van der Waals surface area contributed by atoms with E-state index in [0.717, 1.165) is 17.9 Å². The molecule has 2 amide bonds. The first kappa shape index (κ1) is 13.7. The lowest BCUT2D eigenvalue weighted by Gasteiger charge is -2.15. The normalized spacial score (nSPS) is 15.3. The Morgan fingerprint density at radius 2 is 2.05 bits per heavy atom. The molecule has 1 aromatic carbocycles. The molecule has 1 aliphatic rings. The van der Waals surface area contributed by atoms with Gasteiger partial charge in [0.25, 0.3) is 0 Å². The van der Waals surface area contributed by atoms with Crippen molar-refractivity contribution < 1.29 is 4.79 Å². The van der Waals surface area contributed by atoms with E-state index in [1.54, 1.807) is 0 Å². The SMILES string of the molecule is CN(C)c1cccc(NC(=O)NCC2CCCC2)c1. The number of hydrogen-bond donors (Lipinski definition) is 2. The molecule has 0 atom stereocenters. The van der Waals surface area contributed by atoms with Gasteiger partial charge in [0.1, 0.15) is 0 Å². The Morgan fingerprint density at radius 3 is 2.74 bits per heavy atom. The molecule has 2 rings (SSSR count). The van der Waals surface area contributed by atoms with Crippen LogP contribution in [-0.2, 0) is 0 Å². The van der Waals surface area contributed by atoms with Gasteiger partial charge in [0.2, 0.25) is 0 Å². The Hall–Kier alpha value is -1.71. The highest BCUT2D eigenvalue weighted by Crippen LogP contribution is 2.23. The van der Waals surface area contributed by atoms with Crippen molar-refractivity contribution in [2.24, 2.45) is 5.92 Å². The zero-order valence-electron chi connectivity index (χ0n) is 11.8. The average molecular weight is 261 g/mol. The van der Waals surface area contributed by atoms with Crippen LogP contribution in [0.2, 0.25) is 0 Å². The Kier molecular flexibility index (Phi) is 4.66. The molecule has 0 aliphatic heterocycles. The van der Waals surface area contributed by atoms with Crippen LogP contribution in [-0.4, -0.2) is 26.7 Å². The van der Waals surface area contributed by atoms with Crippen molar-refractivity contribution in [2.45, 2.75) is 25.7 Å². The van der Waals surface area contributed by atoms with E-state index in [1.807, 2.05) is 43.3 Å². The number of carbonyl (C=O) groups excluding carboxylic acids is 1. The lowest BCUT2D eigenvalue weighted by molar-refractivity contribution is 0.250. The van der Waals surface area contributed by atoms with Crippen molar-refractivity contribution in [2.75, 3.05) is 30.9 Å². The predicted molar refractivity (Wildman–Crippen MR) is 79.7 cm³/mol. The fraction of sp³-hybridized carbons (Fsp3) is 0.533. The molecule has 4 nitrogen and oxygen atoms in total. The maximum atomic E-state index is 11.8. The smallest absolute Gasteiger partial charge is 0.319 e. The summed E-state index contributed by atoms with van der Waals surface area (Å²) in [6.45, 7) is 0.791. The van der Waals surface area contributed by atoms with E-state index in [9.17, 15) is 4.79 Å². The summed E-state index contributed by atoms with van der Waals surface area (Å²) < 4.78 is 0. The van der Waals surface area contributed by atoms with Crippen LogP contribution in [0, 0.1) is 5.92 Å². The van der Waals surface area contributed by atoms with Gasteiger partial charge in [0, 0.05) is 32.0 Å². The Morgan fingerprint density at radius 1 is 1.32 bits per heavy atom. The van der Waals surface area contributed by atoms with Crippen LogP contribution in [0.4, 0.5) is 16.2 Å². The standard InChI is InChI=1S/C15H23N3O/c1-18(2)14-9-5-8-13(10-14)17-15(19)16-11-12-6-3-4-7-12/h5,8-10,12H,3-4,6-7,11H2,1-2H3,(H2,16,17,19). The molecule has 2 N–H and O–H groups in total. The number of nitrogens with one attached hydrogen (secondary N) is 2. The Labute approximate surface area is 115 Å². The van der Waals surface area contributed by atoms with E-state index in [0.29, 0.717) is 5.92 Å². The predicted octanol–water partition coefficient (Wildman–Crippen LogP) is 3.06. The Balaban J connectivity index is 1.82. The molecule has 0 unspecified atom stereocenters. The summed E-state index contributed by atoms with van der Waals surface area (Å²) in [5, 5.41) is 5.84. The quantitative estimate of drug-likeness (QED) is 0.875. The monoisotopic (exact) mass is 261 g/mol. The van der Waals surface area contributed by atoms with E-state index in [1.165, 1.54) is 25.7 Å². The first-order valence-electron chi connectivity index (χ1n) is 6.97. The van der Waals surface area contributed by atoms with E-state index in [2.05, 4.69) is 10.6 Å². The summed E-state index contributed by atoms with van der Waals surface area (Å²) in [6, 6.07) is 7.73. The minimum atomic E-state index is -0.109. The minimum absolute atomic E-state index is 0.109. The minimum Gasteiger partial charge on any atom is -0.378 e. The van der Waals surface area contributed by atoms with E-state index in [4.69, 9.17) is 0 Å². The van der Waals surface area contributed by atoms with Crippen molar-refractivity contribution in [3.63, 3.8) is 0 Å². The van der Waals surface area contributed by atoms with Crippen LogP contribution in [0.1, 0.15) is 25.7 Å². The summed E-state index contributed by atoms with van der Waals surface area (Å²) >= 11 is 0. The molecule has 1 aromatic rings. The zero-order valence-corrected chi connectivity index (χ0v) is 11.8. The molecule has 1 aliphatic carbocycles. The second-order valence-corrected chi connectivity index (χ2v) is 5.43. The highest BCUT2D eigenvalue weighted by molar-refractivity contribution is 5.89. The first-order chi connectivity index (χ1) is 9.15. The number of benzene rings is 1. The van der Waals surface area contributed by atoms with Gasteiger partial charge in [0.05, 0.1) is 0 Å². The summed E-state index contributed by atoms with van der Waals surface area (Å²) in [6.07, 6.45) is 5.10. The van der Waals surface area contributed by atoms with E-state index >= 15 is 0 Å². The lowest BCUT2D eigenvalue weighted by Crippen LogP contribution is -2.32. The number of hydrogen-bond acceptors (Lipinski definition) is 2. The lowest BCUT2D eigenvalue weighted by atomic mass is 10.1. The number of nitrogens with zero attached hydrogens (tertiary/aromatic N) is 1. The molecular weight excluding hydrogens is 238 g/mol. The third-order valence-electron chi connectivity index (χ3n) is 3.65. The number of carbonyl (C=O) groups is 1. The van der Waals surface area contributed by atoms with Gasteiger partial charge in [-0.05, 0) is 37.0 Å². The molecule has 1 saturated carbocycles. The van der Waals surface area contributed by atoms with E-state index in [-0.39, 0.29) is 6.03 Å². The van der Waals surface area contributed by atoms with Crippen LogP contribution in [0.3, 0.4) is 0 Å². The number of amides is 2. The molecule has 0 saturated heterocycles. The van der Waals surface area contributed by atoms with Gasteiger partial charge in [0.15, 0.2) is 0 Å². The molecule has 0 bridgehead atoms. The van der Waals surface area contributed by atoms with Gasteiger partial charge in [-0.15, -0.1) is 0 Å². The van der Waals surface area contributed by atoms with Crippen LogP contribution in [0.15, 0.2) is 24.3 Å². The van der Waals surface area contributed by atoms with Gasteiger partial charge in [-0.2, -0.15) is 0 Å². The molecule has 0 heterocycles. The molecular formula is C15H23N3O. The largest absolute Gasteiger partial charge is 0.378 e. The number of rotatable bonds is 4. The molecule has 104 valence electrons. The zero-order chi connectivity index (χ0) is 13.7. The summed E-state index contributed by atoms with van der Waals surface area (Å²) in [4.78, 5) is 13.8. The number of urea groups is 1. The van der Waals surface area contributed by atoms with Crippen molar-refractivity contribution in [3.05, 3.63) is 24.3 Å². The van der Waals surface area contributed by atoms with Crippen molar-refractivity contribution in [3.8, 4) is 0 Å². The summed E-state index contributed by atoms with van der Waals surface area (Å²) in [5.74, 6) is 0.666. The summed E-state index contributed by atoms with van der Waals surface area (Å²) in [7, 11) is 3.97. The third kappa shape index (κ3) is 4.16. The van der Waals surface area contributed by atoms with Crippen LogP contribution < -0.4 is 15.5 Å². The topological polar surface area (TPSA) is 44.4 Å². The molecule has 1 fully saturated rings. The molecule has 0 aromatic heterocycles. The molecule has 0 radical (unpaired) electrons. The third-order valence-corrected chi connectivity index (χ3v) is 3.65. The van der Waals surface area contributed by atoms with Gasteiger partial charge in [-0.25, -0.2) is 4.79 Å². The maximum Gasteiger partial charge on any atom is 0.319 e. The van der Waals surface area contributed by atoms with Crippen molar-refractivity contribution >= 4 is 17.4 Å². The second-order valence-electron chi connectivity index (χ2n) is 5.43. The van der Waals surface area contributed by atoms with Gasteiger partial charge < -0.3 is 15.5 Å². The molecule has 19 heavy (non-hydrogen) atoms. The summed E-state index contributed by atoms with van der Waals surface area (Å²) in [5.41, 5.74) is 1.91. The average Bonchev–Trinajstić information content (AvgIpc) is 2.90. The van der Waals surface area contributed by atoms with Gasteiger partial charge in [-0.3, -0.25) is 0 Å². The van der Waals surface area contributed by atoms with Crippen LogP contribution in [0.5, 0.6) is 0 Å². The first-order valence-corrected chi connectivity index (χ1v) is 6.97. The molecule has 4 heteroatoms. The Bertz CT molecular complexity index is 425. The highest BCUT2D eigenvalue weighted by atomic mass is 16.2. The van der Waals surface area contributed by atoms with Crippen molar-refractivity contribution in [1.82, 2.24) is 5.32 Å². The fourth-order valence-electron chi connectivity index (χ4n) is 2.49. The van der Waals surface area contributed by atoms with Crippen molar-refractivity contribution in [1.29, 1.82) is 0 Å². The van der Waals surface area contributed by atoms with E-state index < -0.39 is 0 Å². The van der Waals surface area contributed by atoms with Gasteiger partial charge >= 0.3 is 6.03 Å². The highest BCUT2D eigenvalue weighted by Gasteiger charge is 2.15. The number of anilines is 2. The van der Waals surface area contributed by atoms with Gasteiger partial charge in [-0.1, -0.05) is 18.9 Å². The van der Waals surface area contributed by atoms with Crippen LogP contribution >= 0.6 is 0 Å². The fourth-order valence-corrected chi connectivity index (χ4v) is 2.49. The molecule has 0 spiro atoms. The second kappa shape index (κ2) is 6.45. The maximum absolute atomic E-state index is 11.8.